The molecule has 174 valence electrons. The molecule has 0 aromatic heterocycles. The van der Waals surface area contributed by atoms with Crippen LogP contribution in [0.2, 0.25) is 0 Å². The number of hydrogen-bond donors (Lipinski definition) is 2. The summed E-state index contributed by atoms with van der Waals surface area (Å²) in [5, 5.41) is 12.1. The Bertz CT molecular complexity index is 1020. The molecular formula is C26H30N2O5. The van der Waals surface area contributed by atoms with Crippen molar-refractivity contribution in [1.82, 2.24) is 10.2 Å². The molecule has 1 fully saturated rings. The molecule has 1 aliphatic carbocycles. The number of aliphatic carboxylic acids is 1. The van der Waals surface area contributed by atoms with Crippen molar-refractivity contribution in [2.75, 3.05) is 19.7 Å². The third-order valence-corrected chi connectivity index (χ3v) is 6.54. The second kappa shape index (κ2) is 9.25. The van der Waals surface area contributed by atoms with Gasteiger partial charge < -0.3 is 20.1 Å². The third-order valence-electron chi connectivity index (χ3n) is 6.54. The molecule has 1 aliphatic heterocycles. The van der Waals surface area contributed by atoms with Crippen LogP contribution in [0, 0.1) is 5.41 Å². The van der Waals surface area contributed by atoms with Gasteiger partial charge in [-0.1, -0.05) is 62.4 Å². The molecule has 1 heterocycles. The lowest BCUT2D eigenvalue weighted by Crippen LogP contribution is -2.44. The predicted octanol–water partition coefficient (Wildman–Crippen LogP) is 4.02. The maximum Gasteiger partial charge on any atom is 0.407 e. The molecule has 2 aromatic carbocycles. The second-order valence-electron chi connectivity index (χ2n) is 9.60. The van der Waals surface area contributed by atoms with Gasteiger partial charge in [-0.3, -0.25) is 4.79 Å². The van der Waals surface area contributed by atoms with Crippen molar-refractivity contribution in [3.05, 3.63) is 59.7 Å². The Morgan fingerprint density at radius 1 is 1.06 bits per heavy atom. The minimum absolute atomic E-state index is 0.0131. The number of rotatable bonds is 7. The van der Waals surface area contributed by atoms with Crippen molar-refractivity contribution in [1.29, 1.82) is 0 Å². The Morgan fingerprint density at radius 2 is 1.67 bits per heavy atom. The molecule has 0 bridgehead atoms. The quantitative estimate of drug-likeness (QED) is 0.664. The van der Waals surface area contributed by atoms with E-state index in [4.69, 9.17) is 4.74 Å². The number of carbonyl (C=O) groups is 3. The summed E-state index contributed by atoms with van der Waals surface area (Å²) in [7, 11) is 0. The van der Waals surface area contributed by atoms with E-state index in [-0.39, 0.29) is 31.4 Å². The summed E-state index contributed by atoms with van der Waals surface area (Å²) in [6.45, 7) is 4.70. The smallest absolute Gasteiger partial charge is 0.407 e. The number of carboxylic acid groups (broad SMARTS) is 1. The Morgan fingerprint density at radius 3 is 2.27 bits per heavy atom. The number of nitrogens with one attached hydrogen (secondary N) is 1. The first-order chi connectivity index (χ1) is 15.8. The van der Waals surface area contributed by atoms with Crippen LogP contribution in [0.25, 0.3) is 11.1 Å². The van der Waals surface area contributed by atoms with E-state index in [9.17, 15) is 19.5 Å². The molecule has 0 spiro atoms. The number of carbonyl (C=O) groups excluding carboxylic acids is 2. The molecule has 33 heavy (non-hydrogen) atoms. The number of fused-ring (bicyclic) bond motifs is 3. The maximum absolute atomic E-state index is 12.7. The number of likely N-dealkylation sites (tertiary alicyclic amines) is 1. The van der Waals surface area contributed by atoms with Gasteiger partial charge in [0.2, 0.25) is 5.91 Å². The van der Waals surface area contributed by atoms with E-state index in [1.165, 1.54) is 16.0 Å². The zero-order valence-electron chi connectivity index (χ0n) is 19.0. The molecule has 7 heteroatoms. The number of nitrogens with zero attached hydrogens (tertiary/aromatic N) is 1. The normalized spacial score (nSPS) is 17.4. The molecule has 0 radical (unpaired) electrons. The number of ether oxygens (including phenoxy) is 1. The third kappa shape index (κ3) is 4.87. The fourth-order valence-corrected chi connectivity index (χ4v) is 4.86. The number of amides is 2. The van der Waals surface area contributed by atoms with Crippen molar-refractivity contribution in [2.45, 2.75) is 45.1 Å². The highest BCUT2D eigenvalue weighted by Gasteiger charge is 2.36. The van der Waals surface area contributed by atoms with Gasteiger partial charge in [-0.15, -0.1) is 0 Å². The molecule has 2 aromatic rings. The standard InChI is InChI=1S/C26H30N2O5/c1-26(2,14-23(29)28-13-7-12-22(28)24(30)31)16-27-25(32)33-15-21-19-10-5-3-8-17(19)18-9-4-6-11-20(18)21/h3-6,8-11,21-22H,7,12-16H2,1-2H3,(H,27,32)(H,30,31). The Labute approximate surface area is 193 Å². The van der Waals surface area contributed by atoms with Gasteiger partial charge in [0, 0.05) is 25.4 Å². The minimum Gasteiger partial charge on any atom is -0.480 e. The highest BCUT2D eigenvalue weighted by Crippen LogP contribution is 2.44. The van der Waals surface area contributed by atoms with Gasteiger partial charge in [0.25, 0.3) is 0 Å². The fraction of sp³-hybridized carbons (Fsp3) is 0.423. The molecule has 4 rings (SSSR count). The van der Waals surface area contributed by atoms with Gasteiger partial charge in [-0.05, 0) is 40.5 Å². The monoisotopic (exact) mass is 450 g/mol. The Balaban J connectivity index is 1.31. The largest absolute Gasteiger partial charge is 0.480 e. The van der Waals surface area contributed by atoms with E-state index in [1.54, 1.807) is 0 Å². The van der Waals surface area contributed by atoms with E-state index < -0.39 is 23.5 Å². The van der Waals surface area contributed by atoms with Gasteiger partial charge in [-0.25, -0.2) is 9.59 Å². The zero-order chi connectivity index (χ0) is 23.6. The van der Waals surface area contributed by atoms with Crippen LogP contribution in [0.4, 0.5) is 4.79 Å². The van der Waals surface area contributed by atoms with E-state index >= 15 is 0 Å². The summed E-state index contributed by atoms with van der Waals surface area (Å²) in [6, 6.07) is 15.6. The van der Waals surface area contributed by atoms with Gasteiger partial charge in [0.15, 0.2) is 0 Å². The summed E-state index contributed by atoms with van der Waals surface area (Å²) in [5.74, 6) is -1.17. The Kier molecular flexibility index (Phi) is 6.40. The molecule has 2 aliphatic rings. The number of carboxylic acids is 1. The van der Waals surface area contributed by atoms with Crippen LogP contribution < -0.4 is 5.32 Å². The molecular weight excluding hydrogens is 420 g/mol. The molecule has 7 nitrogen and oxygen atoms in total. The van der Waals surface area contributed by atoms with Crippen molar-refractivity contribution >= 4 is 18.0 Å². The molecule has 1 saturated heterocycles. The van der Waals surface area contributed by atoms with E-state index in [2.05, 4.69) is 29.6 Å². The minimum atomic E-state index is -0.963. The molecule has 2 amide bonds. The lowest BCUT2D eigenvalue weighted by atomic mass is 9.88. The van der Waals surface area contributed by atoms with E-state index in [0.717, 1.165) is 11.1 Å². The highest BCUT2D eigenvalue weighted by molar-refractivity contribution is 5.84. The summed E-state index contributed by atoms with van der Waals surface area (Å²) in [4.78, 5) is 37.9. The second-order valence-corrected chi connectivity index (χ2v) is 9.60. The SMILES string of the molecule is CC(C)(CNC(=O)OCC1c2ccccc2-c2ccccc21)CC(=O)N1CCCC1C(=O)O. The van der Waals surface area contributed by atoms with Gasteiger partial charge in [0.1, 0.15) is 12.6 Å². The van der Waals surface area contributed by atoms with Crippen LogP contribution >= 0.6 is 0 Å². The molecule has 0 saturated carbocycles. The van der Waals surface area contributed by atoms with Gasteiger partial charge in [0.05, 0.1) is 0 Å². The van der Waals surface area contributed by atoms with Crippen LogP contribution in [-0.2, 0) is 14.3 Å². The average Bonchev–Trinajstić information content (AvgIpc) is 3.40. The lowest BCUT2D eigenvalue weighted by Gasteiger charge is -2.29. The maximum atomic E-state index is 12.7. The van der Waals surface area contributed by atoms with Gasteiger partial charge in [-0.2, -0.15) is 0 Å². The first kappa shape index (κ1) is 22.8. The summed E-state index contributed by atoms with van der Waals surface area (Å²) in [5.41, 5.74) is 4.10. The Hall–Kier alpha value is -3.35. The summed E-state index contributed by atoms with van der Waals surface area (Å²) >= 11 is 0. The summed E-state index contributed by atoms with van der Waals surface area (Å²) in [6.07, 6.45) is 0.808. The van der Waals surface area contributed by atoms with Crippen molar-refractivity contribution in [3.8, 4) is 11.1 Å². The zero-order valence-corrected chi connectivity index (χ0v) is 19.0. The fourth-order valence-electron chi connectivity index (χ4n) is 4.86. The van der Waals surface area contributed by atoms with Gasteiger partial charge >= 0.3 is 12.1 Å². The molecule has 1 atom stereocenters. The van der Waals surface area contributed by atoms with Crippen molar-refractivity contribution in [2.24, 2.45) is 5.41 Å². The first-order valence-corrected chi connectivity index (χ1v) is 11.4. The average molecular weight is 451 g/mol. The summed E-state index contributed by atoms with van der Waals surface area (Å²) < 4.78 is 5.57. The first-order valence-electron chi connectivity index (χ1n) is 11.4. The van der Waals surface area contributed by atoms with Crippen LogP contribution in [-0.4, -0.2) is 53.7 Å². The van der Waals surface area contributed by atoms with Crippen LogP contribution in [0.3, 0.4) is 0 Å². The molecule has 2 N–H and O–H groups in total. The van der Waals surface area contributed by atoms with Crippen LogP contribution in [0.15, 0.2) is 48.5 Å². The van der Waals surface area contributed by atoms with Crippen LogP contribution in [0.1, 0.15) is 50.2 Å². The number of alkyl carbamates (subject to hydrolysis) is 1. The van der Waals surface area contributed by atoms with Crippen LogP contribution in [0.5, 0.6) is 0 Å². The highest BCUT2D eigenvalue weighted by atomic mass is 16.5. The topological polar surface area (TPSA) is 95.9 Å². The van der Waals surface area contributed by atoms with Crippen molar-refractivity contribution in [3.63, 3.8) is 0 Å². The number of hydrogen-bond acceptors (Lipinski definition) is 4. The van der Waals surface area contributed by atoms with Crippen molar-refractivity contribution < 1.29 is 24.2 Å². The van der Waals surface area contributed by atoms with E-state index in [1.807, 2.05) is 38.1 Å². The predicted molar refractivity (Wildman–Crippen MR) is 124 cm³/mol. The van der Waals surface area contributed by atoms with E-state index in [0.29, 0.717) is 19.4 Å². The number of benzene rings is 2. The molecule has 1 unspecified atom stereocenters. The lowest BCUT2D eigenvalue weighted by molar-refractivity contribution is -0.149.